The van der Waals surface area contributed by atoms with E-state index < -0.39 is 0 Å². The average molecular weight is 445 g/mol. The molecule has 0 aliphatic carbocycles. The highest BCUT2D eigenvalue weighted by Crippen LogP contribution is 2.24. The van der Waals surface area contributed by atoms with Crippen LogP contribution < -0.4 is 10.1 Å². The number of amides is 1. The fourth-order valence-corrected chi connectivity index (χ4v) is 3.71. The van der Waals surface area contributed by atoms with E-state index in [-0.39, 0.29) is 5.91 Å². The van der Waals surface area contributed by atoms with Gasteiger partial charge in [-0.15, -0.1) is 0 Å². The van der Waals surface area contributed by atoms with Gasteiger partial charge in [-0.05, 0) is 42.3 Å². The molecular formula is C25H24N4O2S. The fraction of sp³-hybridized carbons (Fsp3) is 0.200. The first-order chi connectivity index (χ1) is 15.6. The molecule has 162 valence electrons. The second kappa shape index (κ2) is 10.6. The van der Waals surface area contributed by atoms with Gasteiger partial charge >= 0.3 is 0 Å². The van der Waals surface area contributed by atoms with Gasteiger partial charge in [-0.25, -0.2) is 0 Å². The van der Waals surface area contributed by atoms with Crippen molar-refractivity contribution in [1.29, 1.82) is 0 Å². The van der Waals surface area contributed by atoms with E-state index in [1.807, 2.05) is 42.5 Å². The van der Waals surface area contributed by atoms with Crippen LogP contribution in [-0.2, 0) is 24.1 Å². The molecule has 0 atom stereocenters. The number of hydrogen-bond acceptors (Lipinski definition) is 6. The van der Waals surface area contributed by atoms with E-state index >= 15 is 0 Å². The molecule has 0 saturated heterocycles. The van der Waals surface area contributed by atoms with Crippen molar-refractivity contribution in [3.8, 4) is 10.9 Å². The number of hydrogen-bond donors (Lipinski definition) is 1. The Hall–Kier alpha value is -3.58. The third-order valence-electron chi connectivity index (χ3n) is 4.85. The van der Waals surface area contributed by atoms with Gasteiger partial charge in [0.2, 0.25) is 5.91 Å². The topological polar surface area (TPSA) is 77.0 Å². The molecule has 1 amide bonds. The second-order valence-corrected chi connectivity index (χ2v) is 8.20. The van der Waals surface area contributed by atoms with Crippen LogP contribution in [0.25, 0.3) is 0 Å². The first-order valence-corrected chi connectivity index (χ1v) is 11.2. The van der Waals surface area contributed by atoms with Crippen LogP contribution in [0.4, 0.5) is 0 Å². The molecule has 6 nitrogen and oxygen atoms in total. The highest BCUT2D eigenvalue weighted by Gasteiger charge is 2.08. The Bertz CT molecular complexity index is 1140. The third kappa shape index (κ3) is 6.46. The van der Waals surface area contributed by atoms with E-state index in [0.29, 0.717) is 36.8 Å². The number of ether oxygens (including phenoxy) is 1. The van der Waals surface area contributed by atoms with Crippen LogP contribution in [0.15, 0.2) is 72.9 Å². The summed E-state index contributed by atoms with van der Waals surface area (Å²) < 4.78 is 10.2. The molecule has 0 aliphatic heterocycles. The largest absolute Gasteiger partial charge is 0.430 e. The monoisotopic (exact) mass is 444 g/mol. The van der Waals surface area contributed by atoms with Crippen LogP contribution in [0.2, 0.25) is 0 Å². The predicted octanol–water partition coefficient (Wildman–Crippen LogP) is 4.53. The third-order valence-corrected chi connectivity index (χ3v) is 5.49. The van der Waals surface area contributed by atoms with Crippen LogP contribution in [0.3, 0.4) is 0 Å². The number of aromatic nitrogens is 3. The Labute approximate surface area is 191 Å². The zero-order valence-electron chi connectivity index (χ0n) is 17.8. The number of rotatable bonds is 9. The number of nitrogens with zero attached hydrogens (tertiary/aromatic N) is 3. The standard InChI is InChI=1S/C25H24N4O2S/c1-18-5-7-19(8-6-18)16-23-28-25(32-29-23)31-22-11-9-20(10-12-22)17-24(30)27-15-13-21-4-2-3-14-26-21/h2-12,14H,13,15-17H2,1H3,(H,27,30). The molecule has 2 aromatic carbocycles. The molecule has 2 aromatic heterocycles. The van der Waals surface area contributed by atoms with E-state index in [1.54, 1.807) is 6.20 Å². The van der Waals surface area contributed by atoms with Crippen LogP contribution in [0.5, 0.6) is 10.9 Å². The Balaban J connectivity index is 1.24. The minimum atomic E-state index is -0.0144. The summed E-state index contributed by atoms with van der Waals surface area (Å²) in [6.45, 7) is 2.64. The Morgan fingerprint density at radius 3 is 2.53 bits per heavy atom. The van der Waals surface area contributed by atoms with Gasteiger partial charge in [-0.3, -0.25) is 9.78 Å². The molecule has 0 radical (unpaired) electrons. The Morgan fingerprint density at radius 2 is 1.78 bits per heavy atom. The van der Waals surface area contributed by atoms with Gasteiger partial charge in [-0.2, -0.15) is 9.36 Å². The van der Waals surface area contributed by atoms with Crippen LogP contribution in [0, 0.1) is 6.92 Å². The summed E-state index contributed by atoms with van der Waals surface area (Å²) in [6, 6.07) is 21.6. The van der Waals surface area contributed by atoms with Crippen LogP contribution in [0.1, 0.15) is 28.2 Å². The first-order valence-electron chi connectivity index (χ1n) is 10.5. The van der Waals surface area contributed by atoms with E-state index in [2.05, 4.69) is 50.8 Å². The summed E-state index contributed by atoms with van der Waals surface area (Å²) >= 11 is 1.24. The summed E-state index contributed by atoms with van der Waals surface area (Å²) in [5, 5.41) is 3.44. The SMILES string of the molecule is Cc1ccc(Cc2nsc(Oc3ccc(CC(=O)NCCc4ccccn4)cc3)n2)cc1. The van der Waals surface area contributed by atoms with Crippen molar-refractivity contribution < 1.29 is 9.53 Å². The first kappa shape index (κ1) is 21.6. The minimum Gasteiger partial charge on any atom is -0.430 e. The minimum absolute atomic E-state index is 0.0144. The lowest BCUT2D eigenvalue weighted by molar-refractivity contribution is -0.120. The number of aryl methyl sites for hydroxylation is 1. The van der Waals surface area contributed by atoms with Gasteiger partial charge in [0.05, 0.1) is 6.42 Å². The van der Waals surface area contributed by atoms with Crippen molar-refractivity contribution >= 4 is 17.4 Å². The van der Waals surface area contributed by atoms with Crippen molar-refractivity contribution in [3.63, 3.8) is 0 Å². The zero-order chi connectivity index (χ0) is 22.2. The molecule has 32 heavy (non-hydrogen) atoms. The van der Waals surface area contributed by atoms with Crippen molar-refractivity contribution in [2.75, 3.05) is 6.54 Å². The molecule has 0 fully saturated rings. The maximum Gasteiger partial charge on any atom is 0.298 e. The van der Waals surface area contributed by atoms with Gasteiger partial charge in [0.15, 0.2) is 5.82 Å². The number of carbonyl (C=O) groups is 1. The fourth-order valence-electron chi connectivity index (χ4n) is 3.14. The number of benzene rings is 2. The van der Waals surface area contributed by atoms with Crippen LogP contribution >= 0.6 is 11.5 Å². The van der Waals surface area contributed by atoms with Gasteiger partial charge in [0.1, 0.15) is 5.75 Å². The number of nitrogens with one attached hydrogen (secondary N) is 1. The Morgan fingerprint density at radius 1 is 1.00 bits per heavy atom. The molecule has 7 heteroatoms. The van der Waals surface area contributed by atoms with Gasteiger partial charge in [-0.1, -0.05) is 48.0 Å². The number of carbonyl (C=O) groups excluding carboxylic acids is 1. The Kier molecular flexibility index (Phi) is 7.19. The summed E-state index contributed by atoms with van der Waals surface area (Å²) in [7, 11) is 0. The molecule has 4 aromatic rings. The zero-order valence-corrected chi connectivity index (χ0v) is 18.6. The summed E-state index contributed by atoms with van der Waals surface area (Å²) in [5.41, 5.74) is 4.29. The molecule has 0 saturated carbocycles. The lowest BCUT2D eigenvalue weighted by atomic mass is 10.1. The van der Waals surface area contributed by atoms with Crippen molar-refractivity contribution in [1.82, 2.24) is 19.7 Å². The second-order valence-electron chi connectivity index (χ2n) is 7.48. The summed E-state index contributed by atoms with van der Waals surface area (Å²) in [5.74, 6) is 1.40. The van der Waals surface area contributed by atoms with Crippen molar-refractivity contribution in [2.45, 2.75) is 26.2 Å². The van der Waals surface area contributed by atoms with E-state index in [0.717, 1.165) is 17.1 Å². The normalized spacial score (nSPS) is 10.7. The lowest BCUT2D eigenvalue weighted by Gasteiger charge is -2.06. The molecule has 4 rings (SSSR count). The predicted molar refractivity (Wildman–Crippen MR) is 125 cm³/mol. The van der Waals surface area contributed by atoms with Gasteiger partial charge in [0.25, 0.3) is 5.19 Å². The average Bonchev–Trinajstić information content (AvgIpc) is 3.24. The maximum absolute atomic E-state index is 12.2. The molecule has 2 heterocycles. The highest BCUT2D eigenvalue weighted by atomic mass is 32.1. The molecule has 0 aliphatic rings. The molecule has 0 spiro atoms. The van der Waals surface area contributed by atoms with Crippen molar-refractivity contribution in [3.05, 3.63) is 101 Å². The van der Waals surface area contributed by atoms with E-state index in [9.17, 15) is 4.79 Å². The van der Waals surface area contributed by atoms with Crippen LogP contribution in [-0.4, -0.2) is 26.8 Å². The maximum atomic E-state index is 12.2. The number of pyridine rings is 1. The summed E-state index contributed by atoms with van der Waals surface area (Å²) in [4.78, 5) is 20.9. The van der Waals surface area contributed by atoms with E-state index in [1.165, 1.54) is 22.7 Å². The van der Waals surface area contributed by atoms with Crippen molar-refractivity contribution in [2.24, 2.45) is 0 Å². The summed E-state index contributed by atoms with van der Waals surface area (Å²) in [6.07, 6.45) is 3.47. The molecule has 0 bridgehead atoms. The molecular weight excluding hydrogens is 420 g/mol. The smallest absolute Gasteiger partial charge is 0.298 e. The van der Waals surface area contributed by atoms with Gasteiger partial charge in [0, 0.05) is 42.8 Å². The molecule has 0 unspecified atom stereocenters. The quantitative estimate of drug-likeness (QED) is 0.411. The lowest BCUT2D eigenvalue weighted by Crippen LogP contribution is -2.27. The van der Waals surface area contributed by atoms with Gasteiger partial charge < -0.3 is 10.1 Å². The molecule has 1 N–H and O–H groups in total. The highest BCUT2D eigenvalue weighted by molar-refractivity contribution is 7.07. The van der Waals surface area contributed by atoms with E-state index in [4.69, 9.17) is 4.74 Å².